The maximum atomic E-state index is 9.95. The van der Waals surface area contributed by atoms with Crippen LogP contribution >= 0.6 is 0 Å². The van der Waals surface area contributed by atoms with E-state index < -0.39 is 0 Å². The number of aromatic nitrogens is 4. The van der Waals surface area contributed by atoms with Crippen LogP contribution in [0.5, 0.6) is 0 Å². The largest absolute Gasteiger partial charge is 0.393 e. The quantitative estimate of drug-likeness (QED) is 0.890. The third-order valence-electron chi connectivity index (χ3n) is 4.62. The van der Waals surface area contributed by atoms with E-state index in [9.17, 15) is 5.11 Å². The van der Waals surface area contributed by atoms with Crippen LogP contribution in [0.2, 0.25) is 0 Å². The second kappa shape index (κ2) is 4.41. The van der Waals surface area contributed by atoms with Gasteiger partial charge in [-0.2, -0.15) is 14.6 Å². The monoisotopic (exact) mass is 273 g/mol. The molecule has 2 aromatic rings. The standard InChI is InChI=1S/C14H19N5O/c1-2-9-5-13(19-14(17-9)15-8-16-19)18-10-3-4-11(18)7-12(20)6-10/h5,8,10-12,20H,2-4,6-7H2,1H3. The molecule has 4 rings (SSSR count). The van der Waals surface area contributed by atoms with Crippen LogP contribution in [0.4, 0.5) is 5.82 Å². The highest BCUT2D eigenvalue weighted by Crippen LogP contribution is 2.39. The molecule has 0 aliphatic carbocycles. The molecule has 0 amide bonds. The van der Waals surface area contributed by atoms with Crippen molar-refractivity contribution in [2.45, 2.75) is 57.2 Å². The van der Waals surface area contributed by atoms with Crippen LogP contribution in [0.3, 0.4) is 0 Å². The van der Waals surface area contributed by atoms with Crippen molar-refractivity contribution in [2.75, 3.05) is 4.90 Å². The Labute approximate surface area is 117 Å². The normalized spacial score (nSPS) is 29.3. The summed E-state index contributed by atoms with van der Waals surface area (Å²) in [6.45, 7) is 2.10. The number of aryl methyl sites for hydroxylation is 1. The van der Waals surface area contributed by atoms with Gasteiger partial charge in [-0.25, -0.2) is 4.98 Å². The summed E-state index contributed by atoms with van der Waals surface area (Å²) in [5.41, 5.74) is 1.05. The fourth-order valence-corrected chi connectivity index (χ4v) is 3.73. The average molecular weight is 273 g/mol. The molecule has 20 heavy (non-hydrogen) atoms. The summed E-state index contributed by atoms with van der Waals surface area (Å²) in [6, 6.07) is 2.97. The molecule has 2 bridgehead atoms. The first-order valence-electron chi connectivity index (χ1n) is 7.42. The number of aliphatic hydroxyl groups is 1. The zero-order chi connectivity index (χ0) is 13.7. The van der Waals surface area contributed by atoms with Crippen LogP contribution in [-0.2, 0) is 6.42 Å². The number of piperidine rings is 1. The Hall–Kier alpha value is -1.69. The first-order chi connectivity index (χ1) is 9.76. The fourth-order valence-electron chi connectivity index (χ4n) is 3.73. The van der Waals surface area contributed by atoms with Crippen molar-refractivity contribution in [1.29, 1.82) is 0 Å². The molecule has 2 aliphatic rings. The van der Waals surface area contributed by atoms with E-state index in [1.54, 1.807) is 6.33 Å². The van der Waals surface area contributed by atoms with Gasteiger partial charge in [0, 0.05) is 23.8 Å². The van der Waals surface area contributed by atoms with E-state index in [2.05, 4.69) is 33.0 Å². The highest BCUT2D eigenvalue weighted by Gasteiger charge is 2.41. The summed E-state index contributed by atoms with van der Waals surface area (Å²) in [6.07, 6.45) is 6.33. The lowest BCUT2D eigenvalue weighted by Gasteiger charge is -2.38. The first-order valence-corrected chi connectivity index (χ1v) is 7.42. The molecule has 106 valence electrons. The minimum absolute atomic E-state index is 0.150. The van der Waals surface area contributed by atoms with Crippen molar-refractivity contribution in [3.8, 4) is 0 Å². The molecule has 2 unspecified atom stereocenters. The second-order valence-corrected chi connectivity index (χ2v) is 5.85. The molecule has 2 aromatic heterocycles. The molecule has 0 aromatic carbocycles. The van der Waals surface area contributed by atoms with E-state index >= 15 is 0 Å². The number of fused-ring (bicyclic) bond motifs is 3. The summed E-state index contributed by atoms with van der Waals surface area (Å²) in [4.78, 5) is 11.2. The lowest BCUT2D eigenvalue weighted by Crippen LogP contribution is -2.45. The number of anilines is 1. The molecule has 6 heteroatoms. The highest BCUT2D eigenvalue weighted by molar-refractivity contribution is 5.50. The van der Waals surface area contributed by atoms with Gasteiger partial charge >= 0.3 is 0 Å². The Kier molecular flexibility index (Phi) is 2.66. The predicted octanol–water partition coefficient (Wildman–Crippen LogP) is 1.18. The zero-order valence-corrected chi connectivity index (χ0v) is 11.6. The number of aliphatic hydroxyl groups excluding tert-OH is 1. The Morgan fingerprint density at radius 2 is 2.05 bits per heavy atom. The molecule has 0 saturated carbocycles. The third kappa shape index (κ3) is 1.71. The van der Waals surface area contributed by atoms with Gasteiger partial charge < -0.3 is 10.0 Å². The van der Waals surface area contributed by atoms with Crippen molar-refractivity contribution in [1.82, 2.24) is 19.6 Å². The van der Waals surface area contributed by atoms with Crippen LogP contribution in [-0.4, -0.2) is 42.9 Å². The average Bonchev–Trinajstić information content (AvgIpc) is 3.01. The van der Waals surface area contributed by atoms with Gasteiger partial charge in [-0.3, -0.25) is 0 Å². The smallest absolute Gasteiger partial charge is 0.254 e. The van der Waals surface area contributed by atoms with Crippen LogP contribution in [0.1, 0.15) is 38.3 Å². The molecular weight excluding hydrogens is 254 g/mol. The number of hydrogen-bond donors (Lipinski definition) is 1. The van der Waals surface area contributed by atoms with Crippen molar-refractivity contribution >= 4 is 11.6 Å². The Morgan fingerprint density at radius 3 is 2.75 bits per heavy atom. The predicted molar refractivity (Wildman–Crippen MR) is 74.7 cm³/mol. The molecule has 2 atom stereocenters. The SMILES string of the molecule is CCc1cc(N2C3CCC2CC(O)C3)n2ncnc2n1. The Morgan fingerprint density at radius 1 is 1.30 bits per heavy atom. The minimum atomic E-state index is -0.150. The highest BCUT2D eigenvalue weighted by atomic mass is 16.3. The fraction of sp³-hybridized carbons (Fsp3) is 0.643. The lowest BCUT2D eigenvalue weighted by atomic mass is 10.00. The molecule has 2 saturated heterocycles. The summed E-state index contributed by atoms with van der Waals surface area (Å²) >= 11 is 0. The molecular formula is C14H19N5O. The van der Waals surface area contributed by atoms with Gasteiger partial charge in [0.2, 0.25) is 0 Å². The molecule has 2 aliphatic heterocycles. The van der Waals surface area contributed by atoms with E-state index in [1.807, 2.05) is 4.52 Å². The van der Waals surface area contributed by atoms with Crippen LogP contribution < -0.4 is 4.90 Å². The van der Waals surface area contributed by atoms with Gasteiger partial charge in [0.05, 0.1) is 6.10 Å². The minimum Gasteiger partial charge on any atom is -0.393 e. The summed E-state index contributed by atoms with van der Waals surface area (Å²) in [5, 5.41) is 14.3. The van der Waals surface area contributed by atoms with Gasteiger partial charge in [0.25, 0.3) is 5.78 Å². The van der Waals surface area contributed by atoms with Crippen LogP contribution in [0.25, 0.3) is 5.78 Å². The summed E-state index contributed by atoms with van der Waals surface area (Å²) in [5.74, 6) is 1.76. The summed E-state index contributed by atoms with van der Waals surface area (Å²) in [7, 11) is 0. The number of rotatable bonds is 2. The molecule has 0 spiro atoms. The molecule has 2 fully saturated rings. The van der Waals surface area contributed by atoms with E-state index in [-0.39, 0.29) is 6.10 Å². The van der Waals surface area contributed by atoms with Crippen LogP contribution in [0, 0.1) is 0 Å². The van der Waals surface area contributed by atoms with Gasteiger partial charge in [-0.15, -0.1) is 0 Å². The van der Waals surface area contributed by atoms with E-state index in [0.29, 0.717) is 17.9 Å². The maximum Gasteiger partial charge on any atom is 0.254 e. The Bertz CT molecular complexity index is 626. The summed E-state index contributed by atoms with van der Waals surface area (Å²) < 4.78 is 1.84. The van der Waals surface area contributed by atoms with Gasteiger partial charge in [-0.05, 0) is 32.1 Å². The van der Waals surface area contributed by atoms with Crippen molar-refractivity contribution in [2.24, 2.45) is 0 Å². The molecule has 6 nitrogen and oxygen atoms in total. The Balaban J connectivity index is 1.83. The van der Waals surface area contributed by atoms with Crippen molar-refractivity contribution in [3.05, 3.63) is 18.1 Å². The van der Waals surface area contributed by atoms with Gasteiger partial charge in [0.15, 0.2) is 0 Å². The van der Waals surface area contributed by atoms with E-state index in [0.717, 1.165) is 43.6 Å². The topological polar surface area (TPSA) is 66.5 Å². The zero-order valence-electron chi connectivity index (χ0n) is 11.6. The number of nitrogens with zero attached hydrogens (tertiary/aromatic N) is 5. The van der Waals surface area contributed by atoms with Crippen molar-refractivity contribution < 1.29 is 5.11 Å². The maximum absolute atomic E-state index is 9.95. The van der Waals surface area contributed by atoms with E-state index in [1.165, 1.54) is 0 Å². The molecule has 1 N–H and O–H groups in total. The van der Waals surface area contributed by atoms with Crippen molar-refractivity contribution in [3.63, 3.8) is 0 Å². The van der Waals surface area contributed by atoms with Gasteiger partial charge in [0.1, 0.15) is 12.1 Å². The molecule has 0 radical (unpaired) electrons. The van der Waals surface area contributed by atoms with Crippen LogP contribution in [0.15, 0.2) is 12.4 Å². The third-order valence-corrected chi connectivity index (χ3v) is 4.62. The van der Waals surface area contributed by atoms with Gasteiger partial charge in [-0.1, -0.05) is 6.92 Å². The number of hydrogen-bond acceptors (Lipinski definition) is 5. The lowest BCUT2D eigenvalue weighted by molar-refractivity contribution is 0.126. The van der Waals surface area contributed by atoms with E-state index in [4.69, 9.17) is 0 Å². The second-order valence-electron chi connectivity index (χ2n) is 5.85. The first kappa shape index (κ1) is 12.1. The molecule has 4 heterocycles.